The van der Waals surface area contributed by atoms with Crippen LogP contribution in [0, 0.1) is 5.92 Å². The Labute approximate surface area is 99.6 Å². The highest BCUT2D eigenvalue weighted by Gasteiger charge is 2.17. The molecule has 2 N–H and O–H groups in total. The molecule has 1 unspecified atom stereocenters. The second-order valence-corrected chi connectivity index (χ2v) is 5.83. The van der Waals surface area contributed by atoms with Gasteiger partial charge < -0.3 is 9.84 Å². The molecule has 0 aromatic carbocycles. The monoisotopic (exact) mass is 229 g/mol. The van der Waals surface area contributed by atoms with Crippen molar-refractivity contribution >= 4 is 0 Å². The molecule has 0 aliphatic heterocycles. The van der Waals surface area contributed by atoms with Crippen LogP contribution in [0.5, 0.6) is 0 Å². The highest BCUT2D eigenvalue weighted by atomic mass is 16.6. The molecule has 0 saturated heterocycles. The van der Waals surface area contributed by atoms with Crippen molar-refractivity contribution in [2.45, 2.75) is 71.3 Å². The molecular formula is C13H27NO2. The van der Waals surface area contributed by atoms with Crippen molar-refractivity contribution in [1.29, 1.82) is 0 Å². The number of rotatable bonds is 5. The minimum atomic E-state index is -0.830. The summed E-state index contributed by atoms with van der Waals surface area (Å²) in [5, 5.41) is 12.6. The van der Waals surface area contributed by atoms with Crippen LogP contribution < -0.4 is 5.32 Å². The highest BCUT2D eigenvalue weighted by molar-refractivity contribution is 4.67. The number of hydrogen-bond donors (Lipinski definition) is 2. The van der Waals surface area contributed by atoms with Gasteiger partial charge in [-0.2, -0.15) is 0 Å². The Morgan fingerprint density at radius 1 is 1.25 bits per heavy atom. The molecule has 0 radical (unpaired) electrons. The van der Waals surface area contributed by atoms with E-state index in [4.69, 9.17) is 4.74 Å². The third-order valence-corrected chi connectivity index (χ3v) is 3.06. The molecule has 0 amide bonds. The maximum atomic E-state index is 9.58. The van der Waals surface area contributed by atoms with Crippen LogP contribution >= 0.6 is 0 Å². The number of aliphatic hydroxyl groups excluding tert-OH is 1. The van der Waals surface area contributed by atoms with Crippen LogP contribution in [0.3, 0.4) is 0 Å². The van der Waals surface area contributed by atoms with Gasteiger partial charge in [-0.3, -0.25) is 5.32 Å². The fourth-order valence-corrected chi connectivity index (χ4v) is 2.26. The van der Waals surface area contributed by atoms with Crippen LogP contribution in [0.4, 0.5) is 0 Å². The zero-order valence-electron chi connectivity index (χ0n) is 11.0. The van der Waals surface area contributed by atoms with Gasteiger partial charge in [-0.05, 0) is 33.1 Å². The number of hydrogen-bond acceptors (Lipinski definition) is 3. The van der Waals surface area contributed by atoms with E-state index in [0.717, 1.165) is 18.9 Å². The third kappa shape index (κ3) is 6.46. The Morgan fingerprint density at radius 2 is 1.88 bits per heavy atom. The Bertz CT molecular complexity index is 183. The zero-order chi connectivity index (χ0) is 12.0. The number of nitrogens with one attached hydrogen (secondary N) is 1. The average Bonchev–Trinajstić information content (AvgIpc) is 2.16. The number of ether oxygens (including phenoxy) is 1. The lowest BCUT2D eigenvalue weighted by Gasteiger charge is -2.26. The van der Waals surface area contributed by atoms with Gasteiger partial charge in [0.25, 0.3) is 0 Å². The summed E-state index contributed by atoms with van der Waals surface area (Å²) in [5.41, 5.74) is -0.294. The molecule has 1 aliphatic rings. The second-order valence-electron chi connectivity index (χ2n) is 5.83. The van der Waals surface area contributed by atoms with Crippen molar-refractivity contribution in [3.63, 3.8) is 0 Å². The van der Waals surface area contributed by atoms with Crippen molar-refractivity contribution in [3.8, 4) is 0 Å². The average molecular weight is 229 g/mol. The molecular weight excluding hydrogens is 202 g/mol. The van der Waals surface area contributed by atoms with E-state index in [-0.39, 0.29) is 5.60 Å². The van der Waals surface area contributed by atoms with Gasteiger partial charge in [0, 0.05) is 6.54 Å². The van der Waals surface area contributed by atoms with Crippen LogP contribution in [0.15, 0.2) is 0 Å². The van der Waals surface area contributed by atoms with Crippen LogP contribution in [0.2, 0.25) is 0 Å². The molecule has 0 aromatic rings. The topological polar surface area (TPSA) is 41.5 Å². The SMILES string of the molecule is CC(C)(C)OC(O)NCCC1CCCCC1. The van der Waals surface area contributed by atoms with Crippen molar-refractivity contribution in [3.05, 3.63) is 0 Å². The zero-order valence-corrected chi connectivity index (χ0v) is 11.0. The molecule has 1 fully saturated rings. The maximum absolute atomic E-state index is 9.58. The molecule has 0 bridgehead atoms. The van der Waals surface area contributed by atoms with Gasteiger partial charge in [0.2, 0.25) is 6.41 Å². The summed E-state index contributed by atoms with van der Waals surface area (Å²) in [5.74, 6) is 0.850. The highest BCUT2D eigenvalue weighted by Crippen LogP contribution is 2.25. The summed E-state index contributed by atoms with van der Waals surface area (Å²) < 4.78 is 5.37. The summed E-state index contributed by atoms with van der Waals surface area (Å²) >= 11 is 0. The van der Waals surface area contributed by atoms with E-state index < -0.39 is 6.41 Å². The van der Waals surface area contributed by atoms with E-state index in [1.165, 1.54) is 32.1 Å². The molecule has 1 rings (SSSR count). The first-order chi connectivity index (χ1) is 7.47. The van der Waals surface area contributed by atoms with E-state index in [9.17, 15) is 5.11 Å². The normalized spacial score (nSPS) is 21.0. The van der Waals surface area contributed by atoms with Gasteiger partial charge in [0.1, 0.15) is 0 Å². The molecule has 0 heterocycles. The van der Waals surface area contributed by atoms with Gasteiger partial charge in [-0.25, -0.2) is 0 Å². The molecule has 1 saturated carbocycles. The van der Waals surface area contributed by atoms with E-state index in [1.807, 2.05) is 20.8 Å². The Balaban J connectivity index is 2.05. The van der Waals surface area contributed by atoms with Gasteiger partial charge >= 0.3 is 0 Å². The smallest absolute Gasteiger partial charge is 0.214 e. The first kappa shape index (κ1) is 13.9. The quantitative estimate of drug-likeness (QED) is 0.712. The summed E-state index contributed by atoms with van der Waals surface area (Å²) in [6.07, 6.45) is 7.21. The fourth-order valence-electron chi connectivity index (χ4n) is 2.26. The minimum Gasteiger partial charge on any atom is -0.356 e. The van der Waals surface area contributed by atoms with Crippen LogP contribution in [-0.2, 0) is 4.74 Å². The predicted octanol–water partition coefficient (Wildman–Crippen LogP) is 2.64. The van der Waals surface area contributed by atoms with Crippen LogP contribution in [0.25, 0.3) is 0 Å². The molecule has 0 spiro atoms. The minimum absolute atomic E-state index is 0.294. The summed E-state index contributed by atoms with van der Waals surface area (Å²) in [4.78, 5) is 0. The molecule has 3 heteroatoms. The lowest BCUT2D eigenvalue weighted by molar-refractivity contribution is -0.181. The summed E-state index contributed by atoms with van der Waals surface area (Å²) in [6, 6.07) is 0. The molecule has 1 aliphatic carbocycles. The van der Waals surface area contributed by atoms with Crippen LogP contribution in [0.1, 0.15) is 59.3 Å². The first-order valence-corrected chi connectivity index (χ1v) is 6.56. The van der Waals surface area contributed by atoms with Gasteiger partial charge in [-0.1, -0.05) is 32.1 Å². The standard InChI is InChI=1S/C13H27NO2/c1-13(2,3)16-12(15)14-10-9-11-7-5-4-6-8-11/h11-12,14-15H,4-10H2,1-3H3. The maximum Gasteiger partial charge on any atom is 0.214 e. The first-order valence-electron chi connectivity index (χ1n) is 6.56. The molecule has 16 heavy (non-hydrogen) atoms. The van der Waals surface area contributed by atoms with Crippen molar-refractivity contribution < 1.29 is 9.84 Å². The van der Waals surface area contributed by atoms with E-state index in [2.05, 4.69) is 5.32 Å². The molecule has 0 aromatic heterocycles. The predicted molar refractivity (Wildman–Crippen MR) is 66.0 cm³/mol. The van der Waals surface area contributed by atoms with E-state index >= 15 is 0 Å². The molecule has 3 nitrogen and oxygen atoms in total. The third-order valence-electron chi connectivity index (χ3n) is 3.06. The van der Waals surface area contributed by atoms with Crippen molar-refractivity contribution in [2.24, 2.45) is 5.92 Å². The Hall–Kier alpha value is -0.120. The Morgan fingerprint density at radius 3 is 2.44 bits per heavy atom. The largest absolute Gasteiger partial charge is 0.356 e. The fraction of sp³-hybridized carbons (Fsp3) is 1.00. The lowest BCUT2D eigenvalue weighted by atomic mass is 9.87. The summed E-state index contributed by atoms with van der Waals surface area (Å²) in [7, 11) is 0. The van der Waals surface area contributed by atoms with Gasteiger partial charge in [-0.15, -0.1) is 0 Å². The van der Waals surface area contributed by atoms with Gasteiger partial charge in [0.15, 0.2) is 0 Å². The molecule has 1 atom stereocenters. The number of aliphatic hydroxyl groups is 1. The second kappa shape index (κ2) is 6.58. The summed E-state index contributed by atoms with van der Waals surface area (Å²) in [6.45, 7) is 6.68. The van der Waals surface area contributed by atoms with Gasteiger partial charge in [0.05, 0.1) is 5.60 Å². The van der Waals surface area contributed by atoms with Crippen LogP contribution in [-0.4, -0.2) is 23.7 Å². The van der Waals surface area contributed by atoms with Crippen molar-refractivity contribution in [1.82, 2.24) is 5.32 Å². The van der Waals surface area contributed by atoms with E-state index in [1.54, 1.807) is 0 Å². The van der Waals surface area contributed by atoms with E-state index in [0.29, 0.717) is 0 Å². The van der Waals surface area contributed by atoms with Crippen molar-refractivity contribution in [2.75, 3.05) is 6.54 Å². The molecule has 96 valence electrons. The lowest BCUT2D eigenvalue weighted by Crippen LogP contribution is -2.38. The Kier molecular flexibility index (Phi) is 5.73.